The third kappa shape index (κ3) is 5.32. The molecule has 21 heavy (non-hydrogen) atoms. The standard InChI is InChI=1S/C15H24N4O2/c1-19(2)8-7-16-13-3-4-14(17-11-13)18-15(20)12-5-9-21-10-6-12/h3-4,11-12,16H,5-10H2,1-2H3,(H,17,18,20). The highest BCUT2D eigenvalue weighted by Gasteiger charge is 2.21. The van der Waals surface area contributed by atoms with Gasteiger partial charge in [0.15, 0.2) is 0 Å². The van der Waals surface area contributed by atoms with Gasteiger partial charge in [0.1, 0.15) is 5.82 Å². The van der Waals surface area contributed by atoms with Crippen molar-refractivity contribution in [3.8, 4) is 0 Å². The number of pyridine rings is 1. The zero-order valence-electron chi connectivity index (χ0n) is 12.8. The first-order chi connectivity index (χ1) is 10.1. The van der Waals surface area contributed by atoms with Gasteiger partial charge in [0.2, 0.25) is 5.91 Å². The molecule has 1 aliphatic rings. The van der Waals surface area contributed by atoms with Crippen LogP contribution in [0.4, 0.5) is 11.5 Å². The molecule has 0 aromatic carbocycles. The number of rotatable bonds is 6. The van der Waals surface area contributed by atoms with Crippen LogP contribution in [0.25, 0.3) is 0 Å². The molecule has 0 spiro atoms. The summed E-state index contributed by atoms with van der Waals surface area (Å²) in [7, 11) is 4.07. The lowest BCUT2D eigenvalue weighted by Gasteiger charge is -2.21. The molecule has 0 aliphatic carbocycles. The fraction of sp³-hybridized carbons (Fsp3) is 0.600. The molecule has 2 N–H and O–H groups in total. The van der Waals surface area contributed by atoms with Gasteiger partial charge < -0.3 is 20.3 Å². The Morgan fingerprint density at radius 2 is 2.14 bits per heavy atom. The largest absolute Gasteiger partial charge is 0.383 e. The number of nitrogens with zero attached hydrogens (tertiary/aromatic N) is 2. The second kappa shape index (κ2) is 7.95. The van der Waals surface area contributed by atoms with Gasteiger partial charge in [-0.3, -0.25) is 4.79 Å². The summed E-state index contributed by atoms with van der Waals surface area (Å²) < 4.78 is 5.26. The van der Waals surface area contributed by atoms with E-state index < -0.39 is 0 Å². The summed E-state index contributed by atoms with van der Waals surface area (Å²) in [6.07, 6.45) is 3.32. The van der Waals surface area contributed by atoms with E-state index in [0.29, 0.717) is 19.0 Å². The van der Waals surface area contributed by atoms with Crippen LogP contribution in [-0.2, 0) is 9.53 Å². The SMILES string of the molecule is CN(C)CCNc1ccc(NC(=O)C2CCOCC2)nc1. The number of anilines is 2. The van der Waals surface area contributed by atoms with E-state index in [2.05, 4.69) is 20.5 Å². The summed E-state index contributed by atoms with van der Waals surface area (Å²) in [5.41, 5.74) is 0.959. The fourth-order valence-corrected chi connectivity index (χ4v) is 2.18. The first kappa shape index (κ1) is 15.7. The molecule has 6 nitrogen and oxygen atoms in total. The van der Waals surface area contributed by atoms with Crippen molar-refractivity contribution in [2.45, 2.75) is 12.8 Å². The molecule has 2 heterocycles. The summed E-state index contributed by atoms with van der Waals surface area (Å²) in [5, 5.41) is 6.16. The predicted octanol–water partition coefficient (Wildman–Crippen LogP) is 1.42. The van der Waals surface area contributed by atoms with Crippen LogP contribution in [0, 0.1) is 5.92 Å². The number of amides is 1. The molecule has 116 valence electrons. The van der Waals surface area contributed by atoms with Crippen LogP contribution in [-0.4, -0.2) is 56.2 Å². The molecule has 1 aliphatic heterocycles. The molecular weight excluding hydrogens is 268 g/mol. The molecule has 0 radical (unpaired) electrons. The number of hydrogen-bond acceptors (Lipinski definition) is 5. The van der Waals surface area contributed by atoms with E-state index >= 15 is 0 Å². The van der Waals surface area contributed by atoms with Crippen LogP contribution in [0.15, 0.2) is 18.3 Å². The zero-order chi connectivity index (χ0) is 15.1. The molecular formula is C15H24N4O2. The number of hydrogen-bond donors (Lipinski definition) is 2. The minimum atomic E-state index is 0.0402. The Hall–Kier alpha value is -1.66. The van der Waals surface area contributed by atoms with Gasteiger partial charge in [-0.15, -0.1) is 0 Å². The molecule has 0 bridgehead atoms. The van der Waals surface area contributed by atoms with Crippen molar-refractivity contribution in [2.24, 2.45) is 5.92 Å². The smallest absolute Gasteiger partial charge is 0.228 e. The molecule has 1 saturated heterocycles. The Labute approximate surface area is 125 Å². The molecule has 0 saturated carbocycles. The first-order valence-corrected chi connectivity index (χ1v) is 7.38. The highest BCUT2D eigenvalue weighted by molar-refractivity contribution is 5.91. The maximum absolute atomic E-state index is 12.1. The number of carbonyl (C=O) groups is 1. The monoisotopic (exact) mass is 292 g/mol. The fourth-order valence-electron chi connectivity index (χ4n) is 2.18. The molecule has 1 aromatic heterocycles. The second-order valence-corrected chi connectivity index (χ2v) is 5.54. The molecule has 0 unspecified atom stereocenters. The van der Waals surface area contributed by atoms with Gasteiger partial charge >= 0.3 is 0 Å². The van der Waals surface area contributed by atoms with E-state index in [9.17, 15) is 4.79 Å². The van der Waals surface area contributed by atoms with Gasteiger partial charge in [0.05, 0.1) is 11.9 Å². The van der Waals surface area contributed by atoms with Crippen LogP contribution >= 0.6 is 0 Å². The summed E-state index contributed by atoms with van der Waals surface area (Å²) in [4.78, 5) is 18.5. The Balaban J connectivity index is 1.80. The zero-order valence-corrected chi connectivity index (χ0v) is 12.8. The summed E-state index contributed by atoms with van der Waals surface area (Å²) in [5.74, 6) is 0.683. The quantitative estimate of drug-likeness (QED) is 0.830. The lowest BCUT2D eigenvalue weighted by Crippen LogP contribution is -2.28. The number of carbonyl (C=O) groups excluding carboxylic acids is 1. The van der Waals surface area contributed by atoms with Gasteiger partial charge in [-0.2, -0.15) is 0 Å². The van der Waals surface area contributed by atoms with Gasteiger partial charge in [-0.05, 0) is 39.1 Å². The van der Waals surface area contributed by atoms with Crippen LogP contribution in [0.2, 0.25) is 0 Å². The van der Waals surface area contributed by atoms with E-state index in [1.54, 1.807) is 6.20 Å². The highest BCUT2D eigenvalue weighted by atomic mass is 16.5. The van der Waals surface area contributed by atoms with Gasteiger partial charge in [0.25, 0.3) is 0 Å². The molecule has 2 rings (SSSR count). The number of ether oxygens (including phenoxy) is 1. The van der Waals surface area contributed by atoms with E-state index in [4.69, 9.17) is 4.74 Å². The normalized spacial score (nSPS) is 16.0. The van der Waals surface area contributed by atoms with Gasteiger partial charge in [-0.25, -0.2) is 4.98 Å². The Bertz CT molecular complexity index is 441. The Kier molecular flexibility index (Phi) is 5.95. The van der Waals surface area contributed by atoms with Crippen LogP contribution in [0.1, 0.15) is 12.8 Å². The van der Waals surface area contributed by atoms with Crippen molar-refractivity contribution < 1.29 is 9.53 Å². The average Bonchev–Trinajstić information content (AvgIpc) is 2.49. The summed E-state index contributed by atoms with van der Waals surface area (Å²) in [6.45, 7) is 3.16. The van der Waals surface area contributed by atoms with Crippen molar-refractivity contribution in [3.63, 3.8) is 0 Å². The van der Waals surface area contributed by atoms with Crippen molar-refractivity contribution in [3.05, 3.63) is 18.3 Å². The Morgan fingerprint density at radius 3 is 2.76 bits per heavy atom. The summed E-state index contributed by atoms with van der Waals surface area (Å²) in [6, 6.07) is 3.76. The van der Waals surface area contributed by atoms with Crippen LogP contribution in [0.3, 0.4) is 0 Å². The molecule has 1 fully saturated rings. The van der Waals surface area contributed by atoms with Crippen molar-refractivity contribution in [1.82, 2.24) is 9.88 Å². The maximum atomic E-state index is 12.1. The van der Waals surface area contributed by atoms with E-state index in [0.717, 1.165) is 31.6 Å². The topological polar surface area (TPSA) is 66.5 Å². The minimum Gasteiger partial charge on any atom is -0.383 e. The van der Waals surface area contributed by atoms with Crippen LogP contribution in [0.5, 0.6) is 0 Å². The molecule has 1 amide bonds. The van der Waals surface area contributed by atoms with E-state index in [-0.39, 0.29) is 11.8 Å². The lowest BCUT2D eigenvalue weighted by molar-refractivity contribution is -0.122. The number of nitrogens with one attached hydrogen (secondary N) is 2. The van der Waals surface area contributed by atoms with E-state index in [1.807, 2.05) is 26.2 Å². The second-order valence-electron chi connectivity index (χ2n) is 5.54. The van der Waals surface area contributed by atoms with Crippen molar-refractivity contribution >= 4 is 17.4 Å². The average molecular weight is 292 g/mol. The third-order valence-corrected chi connectivity index (χ3v) is 3.49. The van der Waals surface area contributed by atoms with Crippen LogP contribution < -0.4 is 10.6 Å². The predicted molar refractivity (Wildman–Crippen MR) is 83.5 cm³/mol. The lowest BCUT2D eigenvalue weighted by atomic mass is 9.99. The maximum Gasteiger partial charge on any atom is 0.228 e. The van der Waals surface area contributed by atoms with Crippen molar-refractivity contribution in [1.29, 1.82) is 0 Å². The molecule has 6 heteroatoms. The highest BCUT2D eigenvalue weighted by Crippen LogP contribution is 2.17. The van der Waals surface area contributed by atoms with Gasteiger partial charge in [0, 0.05) is 32.2 Å². The number of aromatic nitrogens is 1. The summed E-state index contributed by atoms with van der Waals surface area (Å²) >= 11 is 0. The van der Waals surface area contributed by atoms with E-state index in [1.165, 1.54) is 0 Å². The molecule has 0 atom stereocenters. The third-order valence-electron chi connectivity index (χ3n) is 3.49. The van der Waals surface area contributed by atoms with Crippen molar-refractivity contribution in [2.75, 3.05) is 51.0 Å². The minimum absolute atomic E-state index is 0.0402. The first-order valence-electron chi connectivity index (χ1n) is 7.38. The van der Waals surface area contributed by atoms with Gasteiger partial charge in [-0.1, -0.05) is 0 Å². The molecule has 1 aromatic rings. The Morgan fingerprint density at radius 1 is 1.38 bits per heavy atom. The number of likely N-dealkylation sites (N-methyl/N-ethyl adjacent to an activating group) is 1.